The number of aliphatic carboxylic acids is 1. The summed E-state index contributed by atoms with van der Waals surface area (Å²) in [5.41, 5.74) is 0. The summed E-state index contributed by atoms with van der Waals surface area (Å²) in [5, 5.41) is 11.6. The van der Waals surface area contributed by atoms with Crippen LogP contribution in [-0.2, 0) is 4.79 Å². The Morgan fingerprint density at radius 3 is 2.67 bits per heavy atom. The highest BCUT2D eigenvalue weighted by Crippen LogP contribution is 1.73. The quantitative estimate of drug-likeness (QED) is 0.454. The van der Waals surface area contributed by atoms with E-state index in [1.165, 1.54) is 0 Å². The van der Waals surface area contributed by atoms with Gasteiger partial charge in [0.15, 0.2) is 0 Å². The Hall–Kier alpha value is -0.900. The van der Waals surface area contributed by atoms with Crippen LogP contribution in [0.3, 0.4) is 0 Å². The Bertz CT molecular complexity index is 153. The molecule has 0 atom stereocenters. The first-order valence-electron chi connectivity index (χ1n) is 2.24. The van der Waals surface area contributed by atoms with Crippen molar-refractivity contribution in [2.45, 2.75) is 6.92 Å². The minimum atomic E-state index is -1.02. The smallest absolute Gasteiger partial charge is 0.329 e. The average Bonchev–Trinajstić information content (AvgIpc) is 1.63. The van der Waals surface area contributed by atoms with E-state index >= 15 is 0 Å². The molecule has 0 amide bonds. The summed E-state index contributed by atoms with van der Waals surface area (Å²) >= 11 is 4.54. The molecule has 0 aromatic heterocycles. The molecule has 0 bridgehead atoms. The Labute approximate surface area is 58.4 Å². The lowest BCUT2D eigenvalue weighted by Crippen LogP contribution is -2.01. The van der Waals surface area contributed by atoms with Crippen LogP contribution in [0.4, 0.5) is 0 Å². The number of hydrogen-bond donors (Lipinski definition) is 1. The predicted molar refractivity (Wildman–Crippen MR) is 37.2 cm³/mol. The number of carbonyl (C=O) groups is 1. The van der Waals surface area contributed by atoms with Crippen LogP contribution >= 0.6 is 12.2 Å². The van der Waals surface area contributed by atoms with Gasteiger partial charge >= 0.3 is 5.97 Å². The number of carboxylic acids is 1. The summed E-state index contributed by atoms with van der Waals surface area (Å²) < 4.78 is 0. The van der Waals surface area contributed by atoms with Gasteiger partial charge in [-0.05, 0) is 6.92 Å². The third kappa shape index (κ3) is 7.10. The molecule has 0 aromatic rings. The number of hydrogen-bond acceptors (Lipinski definition) is 2. The van der Waals surface area contributed by atoms with Gasteiger partial charge in [0.25, 0.3) is 0 Å². The second-order valence-electron chi connectivity index (χ2n) is 1.30. The first kappa shape index (κ1) is 8.10. The molecular formula is C5H6NO2S. The lowest BCUT2D eigenvalue weighted by molar-refractivity contribution is -0.131. The van der Waals surface area contributed by atoms with E-state index in [0.29, 0.717) is 4.99 Å². The summed E-state index contributed by atoms with van der Waals surface area (Å²) in [7, 11) is 0. The predicted octanol–water partition coefficient (Wildman–Crippen LogP) is 0.536. The highest BCUT2D eigenvalue weighted by molar-refractivity contribution is 7.80. The van der Waals surface area contributed by atoms with Gasteiger partial charge in [-0.1, -0.05) is 12.2 Å². The molecule has 0 spiro atoms. The summed E-state index contributed by atoms with van der Waals surface area (Å²) in [5.74, 6) is -1.02. The van der Waals surface area contributed by atoms with E-state index in [0.717, 1.165) is 12.3 Å². The third-order valence-corrected chi connectivity index (χ3v) is 0.579. The van der Waals surface area contributed by atoms with Crippen LogP contribution in [0.5, 0.6) is 0 Å². The van der Waals surface area contributed by atoms with Gasteiger partial charge in [-0.15, -0.1) is 0 Å². The lowest BCUT2D eigenvalue weighted by Gasteiger charge is -1.85. The van der Waals surface area contributed by atoms with Crippen molar-refractivity contribution in [3.8, 4) is 0 Å². The van der Waals surface area contributed by atoms with Crippen molar-refractivity contribution in [3.63, 3.8) is 0 Å². The zero-order chi connectivity index (χ0) is 7.28. The van der Waals surface area contributed by atoms with Gasteiger partial charge in [-0.25, -0.2) is 10.1 Å². The van der Waals surface area contributed by atoms with E-state index in [2.05, 4.69) is 17.5 Å². The number of thiocarbonyl (C=S) groups is 1. The van der Waals surface area contributed by atoms with Gasteiger partial charge in [0.2, 0.25) is 0 Å². The van der Waals surface area contributed by atoms with Gasteiger partial charge in [0.1, 0.15) is 0 Å². The second-order valence-corrected chi connectivity index (χ2v) is 1.89. The fraction of sp³-hybridized carbons (Fsp3) is 0.200. The number of rotatable bonds is 2. The Kier molecular flexibility index (Phi) is 3.62. The Balaban J connectivity index is 3.48. The first-order chi connectivity index (χ1) is 4.13. The largest absolute Gasteiger partial charge is 0.478 e. The van der Waals surface area contributed by atoms with Gasteiger partial charge in [-0.2, -0.15) is 0 Å². The molecule has 49 valence electrons. The first-order valence-corrected chi connectivity index (χ1v) is 2.64. The lowest BCUT2D eigenvalue weighted by atomic mass is 10.6. The van der Waals surface area contributed by atoms with Crippen LogP contribution < -0.4 is 5.32 Å². The molecule has 0 saturated heterocycles. The van der Waals surface area contributed by atoms with E-state index in [9.17, 15) is 4.79 Å². The van der Waals surface area contributed by atoms with E-state index in [1.807, 2.05) is 0 Å². The zero-order valence-electron chi connectivity index (χ0n) is 4.87. The Morgan fingerprint density at radius 1 is 1.78 bits per heavy atom. The molecule has 0 aromatic carbocycles. The van der Waals surface area contributed by atoms with E-state index in [4.69, 9.17) is 5.11 Å². The molecule has 9 heavy (non-hydrogen) atoms. The maximum absolute atomic E-state index is 9.79. The summed E-state index contributed by atoms with van der Waals surface area (Å²) in [6.07, 6.45) is 2.08. The number of nitrogens with zero attached hydrogens (tertiary/aromatic N) is 1. The standard InChI is InChI=1S/C5H6NO2S/c1-4(9)6-3-2-5(7)8/h2-3H,1H3,(H,7,8). The molecule has 4 heteroatoms. The maximum atomic E-state index is 9.79. The molecule has 0 aliphatic carbocycles. The Morgan fingerprint density at radius 2 is 2.33 bits per heavy atom. The van der Waals surface area contributed by atoms with Crippen LogP contribution in [0, 0.1) is 0 Å². The topological polar surface area (TPSA) is 51.4 Å². The number of carboxylic acid groups (broad SMARTS) is 1. The highest BCUT2D eigenvalue weighted by Gasteiger charge is 1.84. The minimum absolute atomic E-state index is 0.424. The highest BCUT2D eigenvalue weighted by atomic mass is 32.1. The molecule has 0 aliphatic rings. The van der Waals surface area contributed by atoms with Crippen molar-refractivity contribution in [1.82, 2.24) is 5.32 Å². The van der Waals surface area contributed by atoms with Crippen molar-refractivity contribution in [2.75, 3.05) is 0 Å². The maximum Gasteiger partial charge on any atom is 0.329 e. The molecule has 1 N–H and O–H groups in total. The summed E-state index contributed by atoms with van der Waals surface area (Å²) in [6, 6.07) is 0. The van der Waals surface area contributed by atoms with Gasteiger partial charge in [0, 0.05) is 12.3 Å². The van der Waals surface area contributed by atoms with Crippen molar-refractivity contribution in [3.05, 3.63) is 12.3 Å². The van der Waals surface area contributed by atoms with Crippen LogP contribution in [0.1, 0.15) is 6.92 Å². The van der Waals surface area contributed by atoms with Crippen molar-refractivity contribution in [1.29, 1.82) is 0 Å². The van der Waals surface area contributed by atoms with Gasteiger partial charge in [-0.3, -0.25) is 0 Å². The summed E-state index contributed by atoms with van der Waals surface area (Å²) in [4.78, 5) is 10.2. The minimum Gasteiger partial charge on any atom is -0.478 e. The summed E-state index contributed by atoms with van der Waals surface area (Å²) in [6.45, 7) is 1.61. The molecule has 0 heterocycles. The second kappa shape index (κ2) is 4.03. The molecule has 0 aliphatic heterocycles. The van der Waals surface area contributed by atoms with E-state index in [-0.39, 0.29) is 0 Å². The SMILES string of the molecule is CC(=S)[N]C=CC(=O)O. The van der Waals surface area contributed by atoms with Crippen LogP contribution in [0.15, 0.2) is 12.3 Å². The molecule has 0 rings (SSSR count). The van der Waals surface area contributed by atoms with Crippen LogP contribution in [0.2, 0.25) is 0 Å². The van der Waals surface area contributed by atoms with Crippen molar-refractivity contribution < 1.29 is 9.90 Å². The van der Waals surface area contributed by atoms with Crippen molar-refractivity contribution in [2.24, 2.45) is 0 Å². The van der Waals surface area contributed by atoms with Crippen molar-refractivity contribution >= 4 is 23.2 Å². The fourth-order valence-electron chi connectivity index (χ4n) is 0.206. The monoisotopic (exact) mass is 144 g/mol. The van der Waals surface area contributed by atoms with Gasteiger partial charge in [0.05, 0.1) is 4.99 Å². The van der Waals surface area contributed by atoms with E-state index < -0.39 is 5.97 Å². The normalized spacial score (nSPS) is 9.44. The molecule has 1 radical (unpaired) electrons. The molecule has 0 saturated carbocycles. The molecular weight excluding hydrogens is 138 g/mol. The van der Waals surface area contributed by atoms with Gasteiger partial charge < -0.3 is 5.11 Å². The van der Waals surface area contributed by atoms with Crippen LogP contribution in [0.25, 0.3) is 0 Å². The van der Waals surface area contributed by atoms with E-state index in [1.54, 1.807) is 6.92 Å². The molecule has 0 unspecified atom stereocenters. The third-order valence-electron chi connectivity index (χ3n) is 0.473. The molecule has 0 fully saturated rings. The zero-order valence-corrected chi connectivity index (χ0v) is 5.68. The fourth-order valence-corrected chi connectivity index (χ4v) is 0.267. The van der Waals surface area contributed by atoms with Crippen LogP contribution in [-0.4, -0.2) is 16.1 Å². The average molecular weight is 144 g/mol. The molecule has 3 nitrogen and oxygen atoms in total.